The molecule has 7 heteroatoms. The van der Waals surface area contributed by atoms with Crippen molar-refractivity contribution in [3.63, 3.8) is 0 Å². The van der Waals surface area contributed by atoms with Gasteiger partial charge in [-0.05, 0) is 29.8 Å². The molecule has 1 heterocycles. The van der Waals surface area contributed by atoms with Crippen molar-refractivity contribution in [3.05, 3.63) is 71.7 Å². The molecule has 0 aliphatic rings. The van der Waals surface area contributed by atoms with E-state index in [0.717, 1.165) is 5.56 Å². The first-order valence-corrected chi connectivity index (χ1v) is 7.60. The topological polar surface area (TPSA) is 99.8 Å². The Morgan fingerprint density at radius 2 is 1.77 bits per heavy atom. The quantitative estimate of drug-likeness (QED) is 0.371. The van der Waals surface area contributed by atoms with E-state index < -0.39 is 17.5 Å². The molecule has 3 rings (SSSR count). The molecule has 26 heavy (non-hydrogen) atoms. The summed E-state index contributed by atoms with van der Waals surface area (Å²) in [5.74, 6) is -4.04. The van der Waals surface area contributed by atoms with Gasteiger partial charge in [-0.1, -0.05) is 18.2 Å². The average molecular weight is 355 g/mol. The fourth-order valence-electron chi connectivity index (χ4n) is 2.71. The summed E-state index contributed by atoms with van der Waals surface area (Å²) in [4.78, 5) is 22.0. The van der Waals surface area contributed by atoms with Gasteiger partial charge in [-0.25, -0.2) is 9.18 Å². The van der Waals surface area contributed by atoms with Crippen LogP contribution >= 0.6 is 0 Å². The van der Waals surface area contributed by atoms with Gasteiger partial charge in [0.05, 0.1) is 10.9 Å². The number of phenols is 1. The molecule has 132 valence electrons. The lowest BCUT2D eigenvalue weighted by molar-refractivity contribution is -0.146. The Morgan fingerprint density at radius 3 is 2.42 bits per heavy atom. The summed E-state index contributed by atoms with van der Waals surface area (Å²) in [6, 6.07) is 10.6. The number of nitrogens with zero attached hydrogens (tertiary/aromatic N) is 1. The second-order valence-electron chi connectivity index (χ2n) is 5.67. The third kappa shape index (κ3) is 3.27. The van der Waals surface area contributed by atoms with Crippen molar-refractivity contribution in [2.45, 2.75) is 6.54 Å². The highest BCUT2D eigenvalue weighted by atomic mass is 19.1. The fourth-order valence-corrected chi connectivity index (χ4v) is 2.71. The zero-order valence-electron chi connectivity index (χ0n) is 13.4. The van der Waals surface area contributed by atoms with Crippen molar-refractivity contribution < 1.29 is 29.3 Å². The Bertz CT molecular complexity index is 1030. The number of carboxylic acids is 1. The number of aliphatic carboxylic acids is 1. The Hall–Kier alpha value is -3.61. The first-order chi connectivity index (χ1) is 12.4. The lowest BCUT2D eigenvalue weighted by Gasteiger charge is -2.05. The number of phenolic OH excluding ortho intramolecular Hbond substituents is 1. The molecule has 0 saturated heterocycles. The standard InChI is InChI=1S/C19H14FNO5/c20-12-6-4-11(5-7-12)9-21-10-13(16(23)8-17(24)19(25)26)18-14(21)2-1-3-15(18)22/h1-8,10,22-23H,9H2,(H,25,26). The summed E-state index contributed by atoms with van der Waals surface area (Å²) >= 11 is 0. The van der Waals surface area contributed by atoms with Gasteiger partial charge in [-0.3, -0.25) is 4.79 Å². The Kier molecular flexibility index (Phi) is 4.45. The van der Waals surface area contributed by atoms with E-state index in [2.05, 4.69) is 0 Å². The number of aromatic nitrogens is 1. The summed E-state index contributed by atoms with van der Waals surface area (Å²) < 4.78 is 14.8. The van der Waals surface area contributed by atoms with E-state index in [0.29, 0.717) is 18.1 Å². The van der Waals surface area contributed by atoms with E-state index in [9.17, 15) is 24.2 Å². The third-order valence-electron chi connectivity index (χ3n) is 3.90. The highest BCUT2D eigenvalue weighted by molar-refractivity contribution is 6.38. The number of rotatable bonds is 5. The first kappa shape index (κ1) is 17.2. The minimum atomic E-state index is -1.70. The number of carboxylic acid groups (broad SMARTS) is 1. The number of fused-ring (bicyclic) bond motifs is 1. The van der Waals surface area contributed by atoms with E-state index in [-0.39, 0.29) is 22.5 Å². The Balaban J connectivity index is 2.11. The monoisotopic (exact) mass is 355 g/mol. The second kappa shape index (κ2) is 6.72. The van der Waals surface area contributed by atoms with Crippen molar-refractivity contribution in [3.8, 4) is 5.75 Å². The molecule has 3 N–H and O–H groups in total. The number of benzene rings is 2. The summed E-state index contributed by atoms with van der Waals surface area (Å²) in [6.07, 6.45) is 2.08. The molecule has 0 saturated carbocycles. The molecule has 0 spiro atoms. The largest absolute Gasteiger partial charge is 0.507 e. The molecule has 0 bridgehead atoms. The van der Waals surface area contributed by atoms with Crippen LogP contribution in [0.5, 0.6) is 5.75 Å². The number of halogens is 1. The minimum absolute atomic E-state index is 0.120. The van der Waals surface area contributed by atoms with Crippen LogP contribution in [0.3, 0.4) is 0 Å². The van der Waals surface area contributed by atoms with Crippen LogP contribution in [0.4, 0.5) is 4.39 Å². The van der Waals surface area contributed by atoms with Gasteiger partial charge < -0.3 is 19.9 Å². The highest BCUT2D eigenvalue weighted by Crippen LogP contribution is 2.33. The highest BCUT2D eigenvalue weighted by Gasteiger charge is 2.18. The zero-order chi connectivity index (χ0) is 18.8. The number of aromatic hydroxyl groups is 1. The zero-order valence-corrected chi connectivity index (χ0v) is 13.4. The third-order valence-corrected chi connectivity index (χ3v) is 3.90. The summed E-state index contributed by atoms with van der Waals surface area (Å²) in [6.45, 7) is 0.320. The lowest BCUT2D eigenvalue weighted by Crippen LogP contribution is -2.09. The van der Waals surface area contributed by atoms with Gasteiger partial charge in [0.2, 0.25) is 0 Å². The van der Waals surface area contributed by atoms with Crippen LogP contribution < -0.4 is 0 Å². The van der Waals surface area contributed by atoms with E-state index in [4.69, 9.17) is 5.11 Å². The van der Waals surface area contributed by atoms with Gasteiger partial charge in [-0.15, -0.1) is 0 Å². The van der Waals surface area contributed by atoms with Gasteiger partial charge >= 0.3 is 5.97 Å². The van der Waals surface area contributed by atoms with E-state index in [1.54, 1.807) is 28.8 Å². The van der Waals surface area contributed by atoms with Gasteiger partial charge in [0.15, 0.2) is 0 Å². The number of carbonyl (C=O) groups excluding carboxylic acids is 1. The molecule has 0 atom stereocenters. The molecule has 1 aromatic heterocycles. The molecule has 3 aromatic rings. The molecular formula is C19H14FNO5. The van der Waals surface area contributed by atoms with Gasteiger partial charge in [0.25, 0.3) is 5.78 Å². The smallest absolute Gasteiger partial charge is 0.376 e. The van der Waals surface area contributed by atoms with E-state index in [1.807, 2.05) is 0 Å². The lowest BCUT2D eigenvalue weighted by atomic mass is 10.1. The maximum Gasteiger partial charge on any atom is 0.376 e. The van der Waals surface area contributed by atoms with Crippen LogP contribution in [0.2, 0.25) is 0 Å². The van der Waals surface area contributed by atoms with Crippen LogP contribution in [0.1, 0.15) is 11.1 Å². The number of aliphatic hydroxyl groups is 1. The minimum Gasteiger partial charge on any atom is -0.507 e. The number of hydrogen-bond acceptors (Lipinski definition) is 4. The van der Waals surface area contributed by atoms with Crippen LogP contribution in [0.25, 0.3) is 16.7 Å². The molecule has 0 unspecified atom stereocenters. The number of carbonyl (C=O) groups is 2. The van der Waals surface area contributed by atoms with Crippen molar-refractivity contribution in [1.82, 2.24) is 4.57 Å². The number of ketones is 1. The normalized spacial score (nSPS) is 11.7. The van der Waals surface area contributed by atoms with Gasteiger partial charge in [-0.2, -0.15) is 0 Å². The SMILES string of the molecule is O=C(O)C(=O)C=C(O)c1cn(Cc2ccc(F)cc2)c2cccc(O)c12. The molecule has 6 nitrogen and oxygen atoms in total. The van der Waals surface area contributed by atoms with Crippen molar-refractivity contribution in [1.29, 1.82) is 0 Å². The van der Waals surface area contributed by atoms with Crippen LogP contribution in [0, 0.1) is 5.82 Å². The predicted octanol–water partition coefficient (Wildman–Crippen LogP) is 3.09. The maximum atomic E-state index is 13.1. The summed E-state index contributed by atoms with van der Waals surface area (Å²) in [7, 11) is 0. The van der Waals surface area contributed by atoms with E-state index >= 15 is 0 Å². The van der Waals surface area contributed by atoms with Crippen molar-refractivity contribution in [2.75, 3.05) is 0 Å². The summed E-state index contributed by atoms with van der Waals surface area (Å²) in [5, 5.41) is 29.3. The van der Waals surface area contributed by atoms with Gasteiger partial charge in [0, 0.05) is 24.4 Å². The Labute approximate surface area is 147 Å². The molecule has 0 aliphatic heterocycles. The fraction of sp³-hybridized carbons (Fsp3) is 0.0526. The summed E-state index contributed by atoms with van der Waals surface area (Å²) in [5.41, 5.74) is 1.46. The molecule has 0 aliphatic carbocycles. The molecule has 2 aromatic carbocycles. The predicted molar refractivity (Wildman–Crippen MR) is 92.4 cm³/mol. The number of hydrogen-bond donors (Lipinski definition) is 3. The number of aliphatic hydroxyl groups excluding tert-OH is 1. The molecular weight excluding hydrogens is 341 g/mol. The maximum absolute atomic E-state index is 13.1. The Morgan fingerprint density at radius 1 is 1.08 bits per heavy atom. The van der Waals surface area contributed by atoms with Crippen LogP contribution in [-0.2, 0) is 16.1 Å². The molecule has 0 radical (unpaired) electrons. The van der Waals surface area contributed by atoms with E-state index in [1.165, 1.54) is 24.4 Å². The van der Waals surface area contributed by atoms with Gasteiger partial charge in [0.1, 0.15) is 17.3 Å². The van der Waals surface area contributed by atoms with Crippen LogP contribution in [0.15, 0.2) is 54.7 Å². The molecule has 0 amide bonds. The average Bonchev–Trinajstić information content (AvgIpc) is 2.97. The first-order valence-electron chi connectivity index (χ1n) is 7.60. The van der Waals surface area contributed by atoms with Crippen molar-refractivity contribution >= 4 is 28.4 Å². The van der Waals surface area contributed by atoms with Crippen LogP contribution in [-0.4, -0.2) is 31.6 Å². The second-order valence-corrected chi connectivity index (χ2v) is 5.67. The van der Waals surface area contributed by atoms with Crippen molar-refractivity contribution in [2.24, 2.45) is 0 Å². The molecule has 0 fully saturated rings.